The number of rotatable bonds is 8. The van der Waals surface area contributed by atoms with E-state index in [-0.39, 0.29) is 5.91 Å². The molecule has 30 heavy (non-hydrogen) atoms. The van der Waals surface area contributed by atoms with E-state index in [0.29, 0.717) is 18.7 Å². The Kier molecular flexibility index (Phi) is 7.37. The maximum absolute atomic E-state index is 12.9. The molecule has 0 saturated carbocycles. The van der Waals surface area contributed by atoms with Gasteiger partial charge in [0.15, 0.2) is 0 Å². The number of anilines is 2. The van der Waals surface area contributed by atoms with Crippen molar-refractivity contribution in [3.8, 4) is 0 Å². The predicted molar refractivity (Wildman–Crippen MR) is 122 cm³/mol. The molecule has 1 fully saturated rings. The molecule has 2 aromatic carbocycles. The lowest BCUT2D eigenvalue weighted by Gasteiger charge is -2.30. The van der Waals surface area contributed by atoms with Gasteiger partial charge in [0.25, 0.3) is 0 Å². The molecule has 6 nitrogen and oxygen atoms in total. The highest BCUT2D eigenvalue weighted by atomic mass is 32.2. The van der Waals surface area contributed by atoms with Crippen molar-refractivity contribution >= 4 is 27.3 Å². The van der Waals surface area contributed by atoms with Crippen LogP contribution in [0.4, 0.5) is 11.4 Å². The monoisotopic (exact) mass is 429 g/mol. The smallest absolute Gasteiger partial charge is 0.244 e. The van der Waals surface area contributed by atoms with Gasteiger partial charge in [-0.3, -0.25) is 9.10 Å². The van der Waals surface area contributed by atoms with Crippen LogP contribution in [0.5, 0.6) is 0 Å². The van der Waals surface area contributed by atoms with Gasteiger partial charge >= 0.3 is 0 Å². The summed E-state index contributed by atoms with van der Waals surface area (Å²) in [6.07, 6.45) is 5.27. The molecule has 1 aliphatic rings. The first-order valence-corrected chi connectivity index (χ1v) is 12.4. The number of carbonyl (C=O) groups excluding carboxylic acids is 1. The fourth-order valence-electron chi connectivity index (χ4n) is 3.92. The predicted octanol–water partition coefficient (Wildman–Crippen LogP) is 3.54. The van der Waals surface area contributed by atoms with Crippen molar-refractivity contribution in [2.45, 2.75) is 45.2 Å². The van der Waals surface area contributed by atoms with Crippen LogP contribution in [0.15, 0.2) is 54.6 Å². The van der Waals surface area contributed by atoms with Gasteiger partial charge in [-0.15, -0.1) is 0 Å². The van der Waals surface area contributed by atoms with Gasteiger partial charge in [-0.05, 0) is 55.5 Å². The third kappa shape index (κ3) is 5.53. The van der Waals surface area contributed by atoms with Gasteiger partial charge in [0, 0.05) is 25.3 Å². The first-order valence-electron chi connectivity index (χ1n) is 10.6. The molecule has 7 heteroatoms. The molecule has 1 saturated heterocycles. The van der Waals surface area contributed by atoms with Crippen molar-refractivity contribution in [2.75, 3.05) is 28.6 Å². The second-order valence-corrected chi connectivity index (χ2v) is 9.61. The molecule has 0 unspecified atom stereocenters. The first kappa shape index (κ1) is 22.2. The van der Waals surface area contributed by atoms with Crippen LogP contribution in [-0.2, 0) is 21.4 Å². The van der Waals surface area contributed by atoms with Crippen LogP contribution in [-0.4, -0.2) is 39.7 Å². The summed E-state index contributed by atoms with van der Waals surface area (Å²) in [6.45, 7) is 4.37. The lowest BCUT2D eigenvalue weighted by Crippen LogP contribution is -2.49. The number of nitrogens with one attached hydrogen (secondary N) is 1. The van der Waals surface area contributed by atoms with Gasteiger partial charge in [-0.2, -0.15) is 0 Å². The minimum absolute atomic E-state index is 0.299. The summed E-state index contributed by atoms with van der Waals surface area (Å²) < 4.78 is 26.1. The van der Waals surface area contributed by atoms with Gasteiger partial charge in [0.2, 0.25) is 15.9 Å². The average molecular weight is 430 g/mol. The average Bonchev–Trinajstić information content (AvgIpc) is 2.76. The summed E-state index contributed by atoms with van der Waals surface area (Å²) in [4.78, 5) is 15.3. The van der Waals surface area contributed by atoms with E-state index in [9.17, 15) is 13.2 Å². The van der Waals surface area contributed by atoms with Gasteiger partial charge in [-0.25, -0.2) is 8.42 Å². The number of nitrogens with zero attached hydrogens (tertiary/aromatic N) is 2. The third-order valence-electron chi connectivity index (χ3n) is 5.46. The molecule has 0 aromatic heterocycles. The van der Waals surface area contributed by atoms with Gasteiger partial charge in [-0.1, -0.05) is 37.3 Å². The van der Waals surface area contributed by atoms with E-state index in [1.54, 1.807) is 24.3 Å². The molecule has 1 atom stereocenters. The first-order chi connectivity index (χ1) is 14.4. The van der Waals surface area contributed by atoms with Crippen LogP contribution in [0, 0.1) is 0 Å². The maximum atomic E-state index is 12.9. The minimum Gasteiger partial charge on any atom is -0.372 e. The Morgan fingerprint density at radius 3 is 2.23 bits per heavy atom. The van der Waals surface area contributed by atoms with E-state index in [2.05, 4.69) is 22.3 Å². The number of hydrogen-bond donors (Lipinski definition) is 1. The molecular weight excluding hydrogens is 398 g/mol. The Labute approximate surface area is 179 Å². The second-order valence-electron chi connectivity index (χ2n) is 7.75. The summed E-state index contributed by atoms with van der Waals surface area (Å²) in [5.74, 6) is -0.299. The van der Waals surface area contributed by atoms with Crippen molar-refractivity contribution in [3.63, 3.8) is 0 Å². The topological polar surface area (TPSA) is 69.7 Å². The molecule has 0 spiro atoms. The number of benzene rings is 2. The normalized spacial score (nSPS) is 15.5. The summed E-state index contributed by atoms with van der Waals surface area (Å²) >= 11 is 0. The molecule has 162 valence electrons. The van der Waals surface area contributed by atoms with E-state index in [1.165, 1.54) is 29.3 Å². The van der Waals surface area contributed by atoms with Crippen LogP contribution in [0.1, 0.15) is 38.2 Å². The highest BCUT2D eigenvalue weighted by molar-refractivity contribution is 7.92. The van der Waals surface area contributed by atoms with Gasteiger partial charge in [0.1, 0.15) is 6.04 Å². The number of para-hydroxylation sites is 1. The number of amides is 1. The standard InChI is InChI=1S/C23H31N3O3S/c1-3-22(26(30(2,28)29)21-10-6-4-7-11-21)23(27)24-18-19-12-14-20(15-13-19)25-16-8-5-9-17-25/h4,6-7,10-15,22H,3,5,8-9,16-18H2,1-2H3,(H,24,27)/t22-/m0/s1. The fraction of sp³-hybridized carbons (Fsp3) is 0.435. The van der Waals surface area contributed by atoms with Crippen LogP contribution >= 0.6 is 0 Å². The van der Waals surface area contributed by atoms with E-state index in [0.717, 1.165) is 24.9 Å². The molecule has 0 radical (unpaired) electrons. The molecular formula is C23H31N3O3S. The van der Waals surface area contributed by atoms with Crippen molar-refractivity contribution in [1.29, 1.82) is 0 Å². The largest absolute Gasteiger partial charge is 0.372 e. The summed E-state index contributed by atoms with van der Waals surface area (Å²) in [6, 6.07) is 16.2. The molecule has 0 bridgehead atoms. The Bertz CT molecular complexity index is 924. The lowest BCUT2D eigenvalue weighted by atomic mass is 10.1. The Hall–Kier alpha value is -2.54. The molecule has 2 aromatic rings. The van der Waals surface area contributed by atoms with Crippen LogP contribution in [0.25, 0.3) is 0 Å². The number of hydrogen-bond acceptors (Lipinski definition) is 4. The number of sulfonamides is 1. The van der Waals surface area contributed by atoms with Crippen LogP contribution in [0.3, 0.4) is 0 Å². The van der Waals surface area contributed by atoms with Crippen molar-refractivity contribution in [2.24, 2.45) is 0 Å². The molecule has 1 aliphatic heterocycles. The fourth-order valence-corrected chi connectivity index (χ4v) is 5.13. The van der Waals surface area contributed by atoms with E-state index in [1.807, 2.05) is 25.1 Å². The van der Waals surface area contributed by atoms with E-state index in [4.69, 9.17) is 0 Å². The summed E-state index contributed by atoms with van der Waals surface area (Å²) in [5.41, 5.74) is 2.70. The van der Waals surface area contributed by atoms with E-state index >= 15 is 0 Å². The third-order valence-corrected chi connectivity index (χ3v) is 6.64. The summed E-state index contributed by atoms with van der Waals surface area (Å²) in [7, 11) is -3.61. The van der Waals surface area contributed by atoms with Crippen molar-refractivity contribution in [1.82, 2.24) is 5.32 Å². The highest BCUT2D eigenvalue weighted by Crippen LogP contribution is 2.23. The zero-order chi connectivity index (χ0) is 21.6. The van der Waals surface area contributed by atoms with Crippen LogP contribution < -0.4 is 14.5 Å². The number of carbonyl (C=O) groups is 1. The summed E-state index contributed by atoms with van der Waals surface area (Å²) in [5, 5.41) is 2.91. The molecule has 1 amide bonds. The van der Waals surface area contributed by atoms with Crippen molar-refractivity contribution in [3.05, 3.63) is 60.2 Å². The van der Waals surface area contributed by atoms with Gasteiger partial charge < -0.3 is 10.2 Å². The quantitative estimate of drug-likeness (QED) is 0.697. The molecule has 3 rings (SSSR count). The Balaban J connectivity index is 1.67. The molecule has 1 heterocycles. The highest BCUT2D eigenvalue weighted by Gasteiger charge is 2.31. The molecule has 0 aliphatic carbocycles. The number of piperidine rings is 1. The zero-order valence-electron chi connectivity index (χ0n) is 17.8. The maximum Gasteiger partial charge on any atom is 0.244 e. The Morgan fingerprint density at radius 2 is 1.67 bits per heavy atom. The zero-order valence-corrected chi connectivity index (χ0v) is 18.6. The second kappa shape index (κ2) is 9.98. The van der Waals surface area contributed by atoms with Crippen LogP contribution in [0.2, 0.25) is 0 Å². The minimum atomic E-state index is -3.61. The van der Waals surface area contributed by atoms with Crippen molar-refractivity contribution < 1.29 is 13.2 Å². The Morgan fingerprint density at radius 1 is 1.03 bits per heavy atom. The van der Waals surface area contributed by atoms with E-state index < -0.39 is 16.1 Å². The molecule has 1 N–H and O–H groups in total. The van der Waals surface area contributed by atoms with Gasteiger partial charge in [0.05, 0.1) is 11.9 Å². The lowest BCUT2D eigenvalue weighted by molar-refractivity contribution is -0.122. The SMILES string of the molecule is CC[C@@H](C(=O)NCc1ccc(N2CCCCC2)cc1)N(c1ccccc1)S(C)(=O)=O.